The van der Waals surface area contributed by atoms with Gasteiger partial charge in [-0.1, -0.05) is 77.9 Å². The third-order valence-electron chi connectivity index (χ3n) is 6.25. The summed E-state index contributed by atoms with van der Waals surface area (Å²) in [5.41, 5.74) is 8.25. The van der Waals surface area contributed by atoms with Crippen molar-refractivity contribution < 1.29 is 4.79 Å². The second-order valence-electron chi connectivity index (χ2n) is 8.46. The molecule has 1 aromatic heterocycles. The Morgan fingerprint density at radius 3 is 2.39 bits per heavy atom. The molecular formula is C27H27N3O. The molecule has 4 nitrogen and oxygen atoms in total. The van der Waals surface area contributed by atoms with Gasteiger partial charge < -0.3 is 15.2 Å². The molecule has 2 amide bonds. The van der Waals surface area contributed by atoms with Crippen LogP contribution in [0.2, 0.25) is 0 Å². The SMILES string of the molecule is Cc1ccc(CNC(=O)N2CCc3c([nH]c4ccccc34)C2c2ccc(C)cc2)cc1. The summed E-state index contributed by atoms with van der Waals surface area (Å²) >= 11 is 0. The van der Waals surface area contributed by atoms with Crippen molar-refractivity contribution in [3.05, 3.63) is 106 Å². The van der Waals surface area contributed by atoms with Crippen LogP contribution in [-0.2, 0) is 13.0 Å². The largest absolute Gasteiger partial charge is 0.356 e. The van der Waals surface area contributed by atoms with Gasteiger partial charge in [-0.15, -0.1) is 0 Å². The van der Waals surface area contributed by atoms with Crippen molar-refractivity contribution in [2.24, 2.45) is 0 Å². The Morgan fingerprint density at radius 1 is 0.968 bits per heavy atom. The van der Waals surface area contributed by atoms with Gasteiger partial charge in [0.1, 0.15) is 0 Å². The predicted octanol–water partition coefficient (Wildman–Crippen LogP) is 5.64. The van der Waals surface area contributed by atoms with Crippen molar-refractivity contribution >= 4 is 16.9 Å². The van der Waals surface area contributed by atoms with Crippen molar-refractivity contribution in [3.63, 3.8) is 0 Å². The van der Waals surface area contributed by atoms with Crippen molar-refractivity contribution in [1.29, 1.82) is 0 Å². The van der Waals surface area contributed by atoms with Crippen LogP contribution in [0.25, 0.3) is 10.9 Å². The average molecular weight is 410 g/mol. The number of para-hydroxylation sites is 1. The minimum absolute atomic E-state index is 0.0320. The lowest BCUT2D eigenvalue weighted by molar-refractivity contribution is 0.179. The molecule has 5 rings (SSSR count). The molecule has 0 spiro atoms. The third kappa shape index (κ3) is 3.70. The first-order valence-electron chi connectivity index (χ1n) is 10.9. The fraction of sp³-hybridized carbons (Fsp3) is 0.222. The summed E-state index contributed by atoms with van der Waals surface area (Å²) in [6, 6.07) is 25.1. The van der Waals surface area contributed by atoms with Crippen molar-refractivity contribution in [1.82, 2.24) is 15.2 Å². The van der Waals surface area contributed by atoms with E-state index in [-0.39, 0.29) is 12.1 Å². The zero-order valence-corrected chi connectivity index (χ0v) is 18.0. The van der Waals surface area contributed by atoms with E-state index in [1.165, 1.54) is 22.1 Å². The summed E-state index contributed by atoms with van der Waals surface area (Å²) < 4.78 is 0. The number of fused-ring (bicyclic) bond motifs is 3. The first-order valence-corrected chi connectivity index (χ1v) is 10.9. The zero-order valence-electron chi connectivity index (χ0n) is 18.0. The lowest BCUT2D eigenvalue weighted by Gasteiger charge is -2.36. The molecule has 1 aliphatic heterocycles. The number of hydrogen-bond acceptors (Lipinski definition) is 1. The number of aryl methyl sites for hydroxylation is 2. The number of aromatic nitrogens is 1. The highest BCUT2D eigenvalue weighted by Gasteiger charge is 2.34. The van der Waals surface area contributed by atoms with Gasteiger partial charge in [-0.05, 0) is 43.0 Å². The fourth-order valence-corrected chi connectivity index (χ4v) is 4.54. The number of hydrogen-bond donors (Lipinski definition) is 2. The zero-order chi connectivity index (χ0) is 21.4. The van der Waals surface area contributed by atoms with Crippen molar-refractivity contribution in [2.45, 2.75) is 32.9 Å². The summed E-state index contributed by atoms with van der Waals surface area (Å²) in [5.74, 6) is 0. The predicted molar refractivity (Wildman–Crippen MR) is 125 cm³/mol. The Bertz CT molecular complexity index is 1220. The maximum Gasteiger partial charge on any atom is 0.318 e. The quantitative estimate of drug-likeness (QED) is 0.452. The van der Waals surface area contributed by atoms with Crippen LogP contribution in [0.4, 0.5) is 4.79 Å². The lowest BCUT2D eigenvalue weighted by atomic mass is 9.92. The molecule has 0 fully saturated rings. The summed E-state index contributed by atoms with van der Waals surface area (Å²) in [6.07, 6.45) is 0.847. The van der Waals surface area contributed by atoms with E-state index in [1.807, 2.05) is 4.90 Å². The Labute approximate surface area is 182 Å². The van der Waals surface area contributed by atoms with Crippen LogP contribution in [0.1, 0.15) is 39.6 Å². The molecule has 0 bridgehead atoms. The van der Waals surface area contributed by atoms with E-state index in [2.05, 4.69) is 96.9 Å². The van der Waals surface area contributed by atoms with Gasteiger partial charge in [-0.2, -0.15) is 0 Å². The average Bonchev–Trinajstić information content (AvgIpc) is 3.17. The molecule has 1 unspecified atom stereocenters. The molecule has 156 valence electrons. The second-order valence-corrected chi connectivity index (χ2v) is 8.46. The minimum Gasteiger partial charge on any atom is -0.356 e. The Balaban J connectivity index is 1.49. The van der Waals surface area contributed by atoms with Gasteiger partial charge in [-0.3, -0.25) is 0 Å². The normalized spacial score (nSPS) is 15.7. The Morgan fingerprint density at radius 2 is 1.65 bits per heavy atom. The number of rotatable bonds is 3. The third-order valence-corrected chi connectivity index (χ3v) is 6.25. The summed E-state index contributed by atoms with van der Waals surface area (Å²) in [6.45, 7) is 5.37. The summed E-state index contributed by atoms with van der Waals surface area (Å²) in [7, 11) is 0. The van der Waals surface area contributed by atoms with Gasteiger partial charge >= 0.3 is 6.03 Å². The van der Waals surface area contributed by atoms with Gasteiger partial charge in [0.15, 0.2) is 0 Å². The number of amides is 2. The fourth-order valence-electron chi connectivity index (χ4n) is 4.54. The molecule has 0 radical (unpaired) electrons. The number of H-pyrrole nitrogens is 1. The van der Waals surface area contributed by atoms with Gasteiger partial charge in [0, 0.05) is 29.7 Å². The van der Waals surface area contributed by atoms with Crippen LogP contribution in [0.3, 0.4) is 0 Å². The van der Waals surface area contributed by atoms with E-state index in [4.69, 9.17) is 0 Å². The molecule has 0 saturated carbocycles. The standard InChI is InChI=1S/C27H27N3O/c1-18-7-11-20(12-8-18)17-28-27(31)30-16-15-23-22-5-3-4-6-24(22)29-25(23)26(30)21-13-9-19(2)10-14-21/h3-14,26,29H,15-17H2,1-2H3,(H,28,31). The molecule has 31 heavy (non-hydrogen) atoms. The maximum atomic E-state index is 13.3. The Hall–Kier alpha value is -3.53. The molecule has 1 atom stereocenters. The van der Waals surface area contributed by atoms with Crippen LogP contribution < -0.4 is 5.32 Å². The number of carbonyl (C=O) groups is 1. The number of aromatic amines is 1. The van der Waals surface area contributed by atoms with E-state index in [1.54, 1.807) is 0 Å². The van der Waals surface area contributed by atoms with E-state index in [0.29, 0.717) is 13.1 Å². The van der Waals surface area contributed by atoms with Crippen molar-refractivity contribution in [2.75, 3.05) is 6.54 Å². The smallest absolute Gasteiger partial charge is 0.318 e. The first-order chi connectivity index (χ1) is 15.1. The molecular weight excluding hydrogens is 382 g/mol. The molecule has 1 aliphatic rings. The number of benzene rings is 3. The minimum atomic E-state index is -0.130. The van der Waals surface area contributed by atoms with Gasteiger partial charge in [0.25, 0.3) is 0 Å². The molecule has 2 N–H and O–H groups in total. The topological polar surface area (TPSA) is 48.1 Å². The Kier molecular flexibility index (Phi) is 4.99. The highest BCUT2D eigenvalue weighted by Crippen LogP contribution is 2.38. The van der Waals surface area contributed by atoms with Crippen LogP contribution in [0, 0.1) is 13.8 Å². The van der Waals surface area contributed by atoms with E-state index in [0.717, 1.165) is 28.8 Å². The monoisotopic (exact) mass is 409 g/mol. The van der Waals surface area contributed by atoms with E-state index in [9.17, 15) is 4.79 Å². The van der Waals surface area contributed by atoms with Crippen molar-refractivity contribution in [3.8, 4) is 0 Å². The van der Waals surface area contributed by atoms with Crippen LogP contribution in [0.5, 0.6) is 0 Å². The highest BCUT2D eigenvalue weighted by molar-refractivity contribution is 5.86. The van der Waals surface area contributed by atoms with Crippen LogP contribution in [0.15, 0.2) is 72.8 Å². The second kappa shape index (κ2) is 7.95. The summed E-state index contributed by atoms with van der Waals surface area (Å²) in [5, 5.41) is 4.40. The number of nitrogens with zero attached hydrogens (tertiary/aromatic N) is 1. The molecule has 2 heterocycles. The van der Waals surface area contributed by atoms with E-state index >= 15 is 0 Å². The number of nitrogens with one attached hydrogen (secondary N) is 2. The van der Waals surface area contributed by atoms with E-state index < -0.39 is 0 Å². The molecule has 4 heteroatoms. The number of urea groups is 1. The van der Waals surface area contributed by atoms with Gasteiger partial charge in [0.2, 0.25) is 0 Å². The molecule has 0 aliphatic carbocycles. The molecule has 0 saturated heterocycles. The summed E-state index contributed by atoms with van der Waals surface area (Å²) in [4.78, 5) is 18.9. The van der Waals surface area contributed by atoms with Gasteiger partial charge in [0.05, 0.1) is 6.04 Å². The lowest BCUT2D eigenvalue weighted by Crippen LogP contribution is -2.45. The molecule has 3 aromatic carbocycles. The maximum absolute atomic E-state index is 13.3. The first kappa shape index (κ1) is 19.4. The van der Waals surface area contributed by atoms with Gasteiger partial charge in [-0.25, -0.2) is 4.79 Å². The highest BCUT2D eigenvalue weighted by atomic mass is 16.2. The van der Waals surface area contributed by atoms with Crippen LogP contribution in [-0.4, -0.2) is 22.5 Å². The number of carbonyl (C=O) groups excluding carboxylic acids is 1. The molecule has 4 aromatic rings. The van der Waals surface area contributed by atoms with Crippen LogP contribution >= 0.6 is 0 Å².